The Kier molecular flexibility index (Phi) is 4.74. The molecule has 0 bridgehead atoms. The van der Waals surface area contributed by atoms with E-state index >= 15 is 0 Å². The number of ether oxygens (including phenoxy) is 3. The molecule has 1 aliphatic carbocycles. The molecule has 0 amide bonds. The first-order chi connectivity index (χ1) is 10.8. The smallest absolute Gasteiger partial charge is 0.203 e. The Balaban J connectivity index is 1.99. The van der Waals surface area contributed by atoms with Crippen LogP contribution in [0.1, 0.15) is 24.4 Å². The van der Waals surface area contributed by atoms with Crippen LogP contribution in [0.25, 0.3) is 0 Å². The van der Waals surface area contributed by atoms with Crippen LogP contribution in [0.3, 0.4) is 0 Å². The molecule has 0 aromatic heterocycles. The lowest BCUT2D eigenvalue weighted by molar-refractivity contribution is 0.152. The first-order valence-electron chi connectivity index (χ1n) is 8.03. The summed E-state index contributed by atoms with van der Waals surface area (Å²) in [6.45, 7) is 4.27. The summed E-state index contributed by atoms with van der Waals surface area (Å²) in [5.41, 5.74) is 1.23. The quantitative estimate of drug-likeness (QED) is 0.871. The van der Waals surface area contributed by atoms with E-state index in [0.29, 0.717) is 11.8 Å². The number of nitrogens with one attached hydrogen (secondary N) is 1. The van der Waals surface area contributed by atoms with Gasteiger partial charge in [0, 0.05) is 37.8 Å². The minimum atomic E-state index is 0.414. The lowest BCUT2D eigenvalue weighted by Gasteiger charge is -2.36. The predicted molar refractivity (Wildman–Crippen MR) is 86.0 cm³/mol. The van der Waals surface area contributed by atoms with Crippen molar-refractivity contribution < 1.29 is 14.2 Å². The zero-order chi connectivity index (χ0) is 15.5. The Labute approximate surface area is 132 Å². The highest BCUT2D eigenvalue weighted by Crippen LogP contribution is 2.50. The predicted octanol–water partition coefficient (Wildman–Crippen LogP) is 2.07. The summed E-state index contributed by atoms with van der Waals surface area (Å²) >= 11 is 0. The summed E-state index contributed by atoms with van der Waals surface area (Å²) < 4.78 is 16.7. The molecule has 22 heavy (non-hydrogen) atoms. The zero-order valence-electron chi connectivity index (χ0n) is 13.7. The van der Waals surface area contributed by atoms with E-state index < -0.39 is 0 Å². The molecule has 0 unspecified atom stereocenters. The minimum Gasteiger partial charge on any atom is -0.493 e. The summed E-state index contributed by atoms with van der Waals surface area (Å²) in [7, 11) is 5.04. The molecule has 1 aromatic rings. The summed E-state index contributed by atoms with van der Waals surface area (Å²) in [6, 6.07) is 4.55. The molecule has 5 heteroatoms. The number of nitrogens with zero attached hydrogens (tertiary/aromatic N) is 1. The monoisotopic (exact) mass is 306 g/mol. The molecule has 0 radical (unpaired) electrons. The average molecular weight is 306 g/mol. The first kappa shape index (κ1) is 15.4. The third kappa shape index (κ3) is 2.88. The Morgan fingerprint density at radius 3 is 2.23 bits per heavy atom. The topological polar surface area (TPSA) is 43.0 Å². The fraction of sp³-hybridized carbons (Fsp3) is 0.647. The first-order valence-corrected chi connectivity index (χ1v) is 8.03. The van der Waals surface area contributed by atoms with Crippen LogP contribution >= 0.6 is 0 Å². The lowest BCUT2D eigenvalue weighted by atomic mass is 9.98. The van der Waals surface area contributed by atoms with Gasteiger partial charge in [0.2, 0.25) is 5.75 Å². The van der Waals surface area contributed by atoms with Crippen LogP contribution < -0.4 is 19.5 Å². The van der Waals surface area contributed by atoms with Gasteiger partial charge in [0.05, 0.1) is 21.3 Å². The van der Waals surface area contributed by atoms with Crippen LogP contribution in [0, 0.1) is 5.92 Å². The van der Waals surface area contributed by atoms with Gasteiger partial charge in [0.25, 0.3) is 0 Å². The molecule has 2 fully saturated rings. The van der Waals surface area contributed by atoms with E-state index in [4.69, 9.17) is 14.2 Å². The van der Waals surface area contributed by atoms with Gasteiger partial charge in [0.15, 0.2) is 11.5 Å². The Bertz CT molecular complexity index is 511. The fourth-order valence-corrected chi connectivity index (χ4v) is 3.48. The largest absolute Gasteiger partial charge is 0.493 e. The number of methoxy groups -OCH3 is 3. The third-order valence-corrected chi connectivity index (χ3v) is 4.67. The van der Waals surface area contributed by atoms with E-state index in [1.54, 1.807) is 21.3 Å². The second-order valence-electron chi connectivity index (χ2n) is 5.99. The van der Waals surface area contributed by atoms with Crippen molar-refractivity contribution in [1.29, 1.82) is 0 Å². The van der Waals surface area contributed by atoms with Gasteiger partial charge in [-0.2, -0.15) is 0 Å². The zero-order valence-corrected chi connectivity index (χ0v) is 13.7. The number of rotatable bonds is 6. The van der Waals surface area contributed by atoms with E-state index in [1.807, 2.05) is 6.07 Å². The average Bonchev–Trinajstić information content (AvgIpc) is 3.40. The normalized spacial score (nSPS) is 20.5. The molecular weight excluding hydrogens is 280 g/mol. The highest BCUT2D eigenvalue weighted by molar-refractivity contribution is 5.57. The van der Waals surface area contributed by atoms with Crippen LogP contribution in [-0.2, 0) is 0 Å². The molecule has 1 aromatic carbocycles. The van der Waals surface area contributed by atoms with Crippen molar-refractivity contribution in [2.45, 2.75) is 18.9 Å². The van der Waals surface area contributed by atoms with Gasteiger partial charge in [0.1, 0.15) is 0 Å². The summed E-state index contributed by atoms with van der Waals surface area (Å²) in [6.07, 6.45) is 2.60. The Hall–Kier alpha value is -1.46. The van der Waals surface area contributed by atoms with Crippen LogP contribution in [-0.4, -0.2) is 52.4 Å². The molecule has 122 valence electrons. The van der Waals surface area contributed by atoms with Crippen LogP contribution in [0.4, 0.5) is 0 Å². The molecule has 1 N–H and O–H groups in total. The van der Waals surface area contributed by atoms with Crippen molar-refractivity contribution in [2.24, 2.45) is 5.92 Å². The molecule has 1 atom stereocenters. The number of hydrogen-bond acceptors (Lipinski definition) is 5. The minimum absolute atomic E-state index is 0.414. The number of piperazine rings is 1. The standard InChI is InChI=1S/C17H26N2O3/c1-20-14-7-6-13(16(21-2)17(14)22-3)15(12-4-5-12)19-10-8-18-9-11-19/h6-7,12,15,18H,4-5,8-11H2,1-3H3/t15-/m0/s1. The van der Waals surface area contributed by atoms with Gasteiger partial charge in [-0.1, -0.05) is 0 Å². The molecule has 1 heterocycles. The molecule has 5 nitrogen and oxygen atoms in total. The second kappa shape index (κ2) is 6.75. The highest BCUT2D eigenvalue weighted by Gasteiger charge is 2.39. The van der Waals surface area contributed by atoms with Crippen LogP contribution in [0.2, 0.25) is 0 Å². The van der Waals surface area contributed by atoms with Crippen molar-refractivity contribution in [1.82, 2.24) is 10.2 Å². The molecule has 1 aliphatic heterocycles. The van der Waals surface area contributed by atoms with Crippen LogP contribution in [0.15, 0.2) is 12.1 Å². The molecular formula is C17H26N2O3. The van der Waals surface area contributed by atoms with Crippen molar-refractivity contribution in [3.63, 3.8) is 0 Å². The van der Waals surface area contributed by atoms with Crippen molar-refractivity contribution in [2.75, 3.05) is 47.5 Å². The molecule has 0 spiro atoms. The van der Waals surface area contributed by atoms with E-state index in [2.05, 4.69) is 16.3 Å². The maximum absolute atomic E-state index is 5.71. The van der Waals surface area contributed by atoms with Gasteiger partial charge in [-0.05, 0) is 30.9 Å². The van der Waals surface area contributed by atoms with Gasteiger partial charge in [-0.25, -0.2) is 0 Å². The van der Waals surface area contributed by atoms with E-state index in [9.17, 15) is 0 Å². The summed E-state index contributed by atoms with van der Waals surface area (Å²) in [5.74, 6) is 2.96. The number of hydrogen-bond donors (Lipinski definition) is 1. The Morgan fingerprint density at radius 2 is 1.68 bits per heavy atom. The van der Waals surface area contributed by atoms with Crippen molar-refractivity contribution in [3.05, 3.63) is 17.7 Å². The van der Waals surface area contributed by atoms with Gasteiger partial charge in [-0.15, -0.1) is 0 Å². The second-order valence-corrected chi connectivity index (χ2v) is 5.99. The Morgan fingerprint density at radius 1 is 1.00 bits per heavy atom. The molecule has 1 saturated heterocycles. The fourth-order valence-electron chi connectivity index (χ4n) is 3.48. The maximum Gasteiger partial charge on any atom is 0.203 e. The van der Waals surface area contributed by atoms with Crippen molar-refractivity contribution in [3.8, 4) is 17.2 Å². The summed E-state index contributed by atoms with van der Waals surface area (Å²) in [4.78, 5) is 2.58. The maximum atomic E-state index is 5.71. The van der Waals surface area contributed by atoms with Crippen molar-refractivity contribution >= 4 is 0 Å². The highest BCUT2D eigenvalue weighted by atomic mass is 16.5. The van der Waals surface area contributed by atoms with E-state index in [1.165, 1.54) is 18.4 Å². The third-order valence-electron chi connectivity index (χ3n) is 4.67. The lowest BCUT2D eigenvalue weighted by Crippen LogP contribution is -2.45. The van der Waals surface area contributed by atoms with Crippen LogP contribution in [0.5, 0.6) is 17.2 Å². The molecule has 1 saturated carbocycles. The number of benzene rings is 1. The van der Waals surface area contributed by atoms with E-state index in [0.717, 1.165) is 43.6 Å². The van der Waals surface area contributed by atoms with Gasteiger partial charge in [-0.3, -0.25) is 4.90 Å². The SMILES string of the molecule is COc1ccc([C@H](C2CC2)N2CCNCC2)c(OC)c1OC. The van der Waals surface area contributed by atoms with Gasteiger partial charge >= 0.3 is 0 Å². The van der Waals surface area contributed by atoms with E-state index in [-0.39, 0.29) is 0 Å². The molecule has 3 rings (SSSR count). The van der Waals surface area contributed by atoms with Gasteiger partial charge < -0.3 is 19.5 Å². The summed E-state index contributed by atoms with van der Waals surface area (Å²) in [5, 5.41) is 3.43. The molecule has 2 aliphatic rings.